The van der Waals surface area contributed by atoms with E-state index in [1.54, 1.807) is 0 Å². The summed E-state index contributed by atoms with van der Waals surface area (Å²) in [5.41, 5.74) is 5.02. The molecular weight excluding hydrogens is 247 g/mol. The van der Waals surface area contributed by atoms with E-state index in [-0.39, 0.29) is 17.3 Å². The lowest BCUT2D eigenvalue weighted by atomic mass is 9.99. The number of carbonyl (C=O) groups is 1. The molecule has 0 aromatic heterocycles. The minimum Gasteiger partial charge on any atom is -0.379 e. The van der Waals surface area contributed by atoms with Gasteiger partial charge >= 0.3 is 0 Å². The van der Waals surface area contributed by atoms with E-state index in [4.69, 9.17) is 22.1 Å². The van der Waals surface area contributed by atoms with Crippen LogP contribution in [0.15, 0.2) is 18.2 Å². The smallest absolute Gasteiger partial charge is 0.246 e. The third-order valence-electron chi connectivity index (χ3n) is 2.68. The summed E-state index contributed by atoms with van der Waals surface area (Å²) in [7, 11) is 0. The van der Waals surface area contributed by atoms with Crippen LogP contribution in [0.4, 0.5) is 10.1 Å². The number of hydrogen-bond acceptors (Lipinski definition) is 3. The molecule has 0 spiro atoms. The molecule has 0 radical (unpaired) electrons. The van der Waals surface area contributed by atoms with E-state index in [1.807, 2.05) is 0 Å². The first kappa shape index (κ1) is 12.3. The molecule has 1 atom stereocenters. The molecule has 1 unspecified atom stereocenters. The Morgan fingerprint density at radius 3 is 3.00 bits per heavy atom. The molecular formula is C11H12ClFN2O2. The minimum atomic E-state index is -1.06. The van der Waals surface area contributed by atoms with Crippen LogP contribution in [0.25, 0.3) is 0 Å². The molecule has 3 N–H and O–H groups in total. The Kier molecular flexibility index (Phi) is 3.33. The van der Waals surface area contributed by atoms with Gasteiger partial charge in [-0.2, -0.15) is 0 Å². The van der Waals surface area contributed by atoms with Gasteiger partial charge in [0.2, 0.25) is 5.91 Å². The van der Waals surface area contributed by atoms with Crippen molar-refractivity contribution >= 4 is 23.2 Å². The molecule has 1 aromatic carbocycles. The maximum Gasteiger partial charge on any atom is 0.246 e. The Hall–Kier alpha value is -1.17. The van der Waals surface area contributed by atoms with Gasteiger partial charge in [-0.3, -0.25) is 4.79 Å². The average molecular weight is 259 g/mol. The van der Waals surface area contributed by atoms with Crippen molar-refractivity contribution in [3.63, 3.8) is 0 Å². The largest absolute Gasteiger partial charge is 0.379 e. The van der Waals surface area contributed by atoms with Gasteiger partial charge < -0.3 is 15.8 Å². The number of hydrogen-bond donors (Lipinski definition) is 2. The molecule has 1 aromatic rings. The van der Waals surface area contributed by atoms with Crippen molar-refractivity contribution in [2.45, 2.75) is 12.0 Å². The van der Waals surface area contributed by atoms with Gasteiger partial charge in [-0.15, -0.1) is 0 Å². The van der Waals surface area contributed by atoms with Gasteiger partial charge in [0.15, 0.2) is 0 Å². The highest BCUT2D eigenvalue weighted by Gasteiger charge is 2.38. The molecule has 1 amide bonds. The number of carbonyl (C=O) groups excluding carboxylic acids is 1. The van der Waals surface area contributed by atoms with Gasteiger partial charge in [-0.05, 0) is 24.6 Å². The van der Waals surface area contributed by atoms with E-state index in [0.717, 1.165) is 6.07 Å². The zero-order valence-corrected chi connectivity index (χ0v) is 9.76. The fourth-order valence-electron chi connectivity index (χ4n) is 1.60. The van der Waals surface area contributed by atoms with Crippen LogP contribution < -0.4 is 11.1 Å². The number of anilines is 1. The van der Waals surface area contributed by atoms with E-state index in [1.165, 1.54) is 12.1 Å². The van der Waals surface area contributed by atoms with Gasteiger partial charge in [0, 0.05) is 6.61 Å². The van der Waals surface area contributed by atoms with Crippen LogP contribution in [-0.4, -0.2) is 24.7 Å². The molecule has 17 heavy (non-hydrogen) atoms. The Labute approximate surface area is 103 Å². The zero-order valence-electron chi connectivity index (χ0n) is 9.00. The molecule has 1 heterocycles. The normalized spacial score (nSPS) is 23.7. The fraction of sp³-hybridized carbons (Fsp3) is 0.364. The van der Waals surface area contributed by atoms with Gasteiger partial charge in [0.25, 0.3) is 0 Å². The summed E-state index contributed by atoms with van der Waals surface area (Å²) < 4.78 is 18.1. The van der Waals surface area contributed by atoms with Crippen molar-refractivity contribution in [2.75, 3.05) is 18.5 Å². The summed E-state index contributed by atoms with van der Waals surface area (Å²) in [5, 5.41) is 2.78. The molecule has 0 saturated carbocycles. The monoisotopic (exact) mass is 258 g/mol. The predicted molar refractivity (Wildman–Crippen MR) is 62.4 cm³/mol. The second kappa shape index (κ2) is 4.60. The van der Waals surface area contributed by atoms with E-state index >= 15 is 0 Å². The van der Waals surface area contributed by atoms with Gasteiger partial charge in [0.05, 0.1) is 17.3 Å². The van der Waals surface area contributed by atoms with Crippen molar-refractivity contribution in [1.29, 1.82) is 0 Å². The summed E-state index contributed by atoms with van der Waals surface area (Å²) in [6.45, 7) is 0.604. The molecule has 92 valence electrons. The Bertz CT molecular complexity index is 447. The maximum atomic E-state index is 13.0. The highest BCUT2D eigenvalue weighted by Crippen LogP contribution is 2.24. The number of benzene rings is 1. The molecule has 1 saturated heterocycles. The quantitative estimate of drug-likeness (QED) is 0.846. The maximum absolute atomic E-state index is 13.0. The fourth-order valence-corrected chi connectivity index (χ4v) is 1.76. The topological polar surface area (TPSA) is 64.4 Å². The molecule has 0 bridgehead atoms. The van der Waals surface area contributed by atoms with E-state index in [2.05, 4.69) is 5.32 Å². The Morgan fingerprint density at radius 1 is 1.59 bits per heavy atom. The molecule has 1 aliphatic heterocycles. The van der Waals surface area contributed by atoms with Crippen molar-refractivity contribution in [3.8, 4) is 0 Å². The summed E-state index contributed by atoms with van der Waals surface area (Å²) in [4.78, 5) is 11.9. The number of nitrogens with two attached hydrogens (primary N) is 1. The van der Waals surface area contributed by atoms with Gasteiger partial charge in [-0.1, -0.05) is 11.6 Å². The Morgan fingerprint density at radius 2 is 2.35 bits per heavy atom. The van der Waals surface area contributed by atoms with Crippen LogP contribution in [0, 0.1) is 5.82 Å². The molecule has 6 heteroatoms. The lowest BCUT2D eigenvalue weighted by Crippen LogP contribution is -2.51. The number of halogens is 2. The SMILES string of the molecule is NC1(C(=O)Nc2cc(F)ccc2Cl)CCOC1. The molecule has 1 fully saturated rings. The van der Waals surface area contributed by atoms with Crippen LogP contribution in [0.1, 0.15) is 6.42 Å². The first-order valence-corrected chi connectivity index (χ1v) is 5.52. The second-order valence-electron chi connectivity index (χ2n) is 4.04. The van der Waals surface area contributed by atoms with Crippen molar-refractivity contribution in [3.05, 3.63) is 29.0 Å². The zero-order chi connectivity index (χ0) is 12.5. The van der Waals surface area contributed by atoms with Crippen molar-refractivity contribution in [1.82, 2.24) is 0 Å². The third-order valence-corrected chi connectivity index (χ3v) is 3.01. The molecule has 4 nitrogen and oxygen atoms in total. The Balaban J connectivity index is 2.15. The average Bonchev–Trinajstić information content (AvgIpc) is 2.72. The number of amides is 1. The molecule has 0 aliphatic carbocycles. The summed E-state index contributed by atoms with van der Waals surface area (Å²) in [5.74, 6) is -0.888. The van der Waals surface area contributed by atoms with Crippen molar-refractivity contribution < 1.29 is 13.9 Å². The predicted octanol–water partition coefficient (Wildman–Crippen LogP) is 1.54. The third kappa shape index (κ3) is 2.57. The number of ether oxygens (including phenoxy) is 1. The highest BCUT2D eigenvalue weighted by atomic mass is 35.5. The lowest BCUT2D eigenvalue weighted by Gasteiger charge is -2.20. The van der Waals surface area contributed by atoms with Crippen LogP contribution in [0.3, 0.4) is 0 Å². The van der Waals surface area contributed by atoms with Crippen LogP contribution in [-0.2, 0) is 9.53 Å². The summed E-state index contributed by atoms with van der Waals surface area (Å²) >= 11 is 5.84. The van der Waals surface area contributed by atoms with Crippen molar-refractivity contribution in [2.24, 2.45) is 5.73 Å². The lowest BCUT2D eigenvalue weighted by molar-refractivity contribution is -0.121. The number of rotatable bonds is 2. The van der Waals surface area contributed by atoms with Crippen LogP contribution >= 0.6 is 11.6 Å². The van der Waals surface area contributed by atoms with E-state index in [0.29, 0.717) is 13.0 Å². The summed E-state index contributed by atoms with van der Waals surface area (Å²) in [6.07, 6.45) is 0.436. The van der Waals surface area contributed by atoms with Crippen LogP contribution in [0.2, 0.25) is 5.02 Å². The molecule has 1 aliphatic rings. The second-order valence-corrected chi connectivity index (χ2v) is 4.44. The minimum absolute atomic E-state index is 0.159. The van der Waals surface area contributed by atoms with Gasteiger partial charge in [0.1, 0.15) is 11.4 Å². The van der Waals surface area contributed by atoms with Crippen LogP contribution in [0.5, 0.6) is 0 Å². The van der Waals surface area contributed by atoms with E-state index < -0.39 is 17.3 Å². The standard InChI is InChI=1S/C11H12ClFN2O2/c12-8-2-1-7(13)5-9(8)15-10(16)11(14)3-4-17-6-11/h1-2,5H,3-4,6,14H2,(H,15,16). The molecule has 2 rings (SSSR count). The highest BCUT2D eigenvalue weighted by molar-refractivity contribution is 6.33. The number of nitrogens with one attached hydrogen (secondary N) is 1. The van der Waals surface area contributed by atoms with E-state index in [9.17, 15) is 9.18 Å². The summed E-state index contributed by atoms with van der Waals surface area (Å²) in [6, 6.07) is 3.75. The van der Waals surface area contributed by atoms with Gasteiger partial charge in [-0.25, -0.2) is 4.39 Å². The first-order valence-electron chi connectivity index (χ1n) is 5.14. The first-order chi connectivity index (χ1) is 8.01.